The van der Waals surface area contributed by atoms with Gasteiger partial charge in [-0.05, 0) is 104 Å². The van der Waals surface area contributed by atoms with Gasteiger partial charge in [-0.2, -0.15) is 0 Å². The molecule has 270 valence electrons. The SMILES string of the molecule is c1cncc(-c2cc(-c3cccc(-c4ccc5ccc6ccc(-c7ccc(-c8cc9ccccc9c9ccccc89)cc7)nc6c5n4)c3)cc(-c3cccnc3)n2)c1. The summed E-state index contributed by atoms with van der Waals surface area (Å²) in [6, 6.07) is 61.9. The van der Waals surface area contributed by atoms with Gasteiger partial charge in [0.1, 0.15) is 0 Å². The summed E-state index contributed by atoms with van der Waals surface area (Å²) in [4.78, 5) is 24.3. The fraction of sp³-hybridized carbons (Fsp3) is 0. The Hall–Kier alpha value is -7.89. The predicted molar refractivity (Wildman–Crippen MR) is 238 cm³/mol. The van der Waals surface area contributed by atoms with Gasteiger partial charge < -0.3 is 0 Å². The second-order valence-electron chi connectivity index (χ2n) is 14.6. The Morgan fingerprint density at radius 3 is 1.48 bits per heavy atom. The Morgan fingerprint density at radius 2 is 0.828 bits per heavy atom. The number of pyridine rings is 5. The molecule has 0 spiro atoms. The van der Waals surface area contributed by atoms with Crippen molar-refractivity contribution >= 4 is 43.4 Å². The lowest BCUT2D eigenvalue weighted by Crippen LogP contribution is -1.93. The van der Waals surface area contributed by atoms with Gasteiger partial charge in [-0.15, -0.1) is 0 Å². The maximum atomic E-state index is 5.29. The number of hydrogen-bond acceptors (Lipinski definition) is 5. The zero-order valence-corrected chi connectivity index (χ0v) is 31.3. The number of nitrogens with zero attached hydrogens (tertiary/aromatic N) is 5. The van der Waals surface area contributed by atoms with E-state index in [0.717, 1.165) is 78.0 Å². The van der Waals surface area contributed by atoms with Crippen molar-refractivity contribution in [2.45, 2.75) is 0 Å². The fourth-order valence-electron chi connectivity index (χ4n) is 8.08. The normalized spacial score (nSPS) is 11.4. The molecule has 0 aliphatic carbocycles. The van der Waals surface area contributed by atoms with Gasteiger partial charge in [0, 0.05) is 57.8 Å². The van der Waals surface area contributed by atoms with E-state index in [0.29, 0.717) is 0 Å². The van der Waals surface area contributed by atoms with Crippen LogP contribution in [0.3, 0.4) is 0 Å². The van der Waals surface area contributed by atoms with Crippen LogP contribution in [0.15, 0.2) is 201 Å². The molecule has 0 unspecified atom stereocenters. The van der Waals surface area contributed by atoms with Gasteiger partial charge in [-0.3, -0.25) is 9.97 Å². The highest BCUT2D eigenvalue weighted by Gasteiger charge is 2.14. The largest absolute Gasteiger partial charge is 0.264 e. The monoisotopic (exact) mass is 739 g/mol. The molecule has 0 fully saturated rings. The van der Waals surface area contributed by atoms with Crippen LogP contribution in [-0.2, 0) is 0 Å². The third-order valence-corrected chi connectivity index (χ3v) is 11.0. The van der Waals surface area contributed by atoms with Gasteiger partial charge >= 0.3 is 0 Å². The minimum absolute atomic E-state index is 0.851. The van der Waals surface area contributed by atoms with Gasteiger partial charge in [0.25, 0.3) is 0 Å². The van der Waals surface area contributed by atoms with Crippen LogP contribution in [0, 0.1) is 0 Å². The summed E-state index contributed by atoms with van der Waals surface area (Å²) in [6.07, 6.45) is 7.25. The third-order valence-electron chi connectivity index (χ3n) is 11.0. The lowest BCUT2D eigenvalue weighted by molar-refractivity contribution is 1.26. The third kappa shape index (κ3) is 6.03. The number of benzene rings is 6. The molecule has 5 heteroatoms. The van der Waals surface area contributed by atoms with Crippen molar-refractivity contribution in [3.8, 4) is 67.3 Å². The quantitative estimate of drug-likeness (QED) is 0.159. The number of fused-ring (bicyclic) bond motifs is 6. The topological polar surface area (TPSA) is 64.5 Å². The predicted octanol–water partition coefficient (Wildman–Crippen LogP) is 13.3. The van der Waals surface area contributed by atoms with E-state index < -0.39 is 0 Å². The molecule has 5 heterocycles. The Kier molecular flexibility index (Phi) is 8.07. The van der Waals surface area contributed by atoms with Crippen molar-refractivity contribution in [1.29, 1.82) is 0 Å². The van der Waals surface area contributed by atoms with Gasteiger partial charge in [0.05, 0.1) is 33.8 Å². The van der Waals surface area contributed by atoms with E-state index in [1.165, 1.54) is 32.7 Å². The minimum atomic E-state index is 0.851. The Bertz CT molecular complexity index is 3270. The van der Waals surface area contributed by atoms with Crippen LogP contribution in [0.2, 0.25) is 0 Å². The molecule has 0 bridgehead atoms. The number of hydrogen-bond donors (Lipinski definition) is 0. The fourth-order valence-corrected chi connectivity index (χ4v) is 8.08. The first-order valence-corrected chi connectivity index (χ1v) is 19.4. The maximum absolute atomic E-state index is 5.29. The number of aromatic nitrogens is 5. The van der Waals surface area contributed by atoms with Gasteiger partial charge in [-0.1, -0.05) is 115 Å². The van der Waals surface area contributed by atoms with Crippen molar-refractivity contribution in [2.24, 2.45) is 0 Å². The lowest BCUT2D eigenvalue weighted by atomic mass is 9.93. The molecular formula is C53H33N5. The molecule has 0 amide bonds. The van der Waals surface area contributed by atoms with Gasteiger partial charge in [-0.25, -0.2) is 15.0 Å². The first-order chi connectivity index (χ1) is 28.7. The summed E-state index contributed by atoms with van der Waals surface area (Å²) < 4.78 is 0. The standard InChI is InChI=1S/C53H33N5/c1-2-13-44-39(8-1)29-47(46-15-4-3-14-45(44)46)34-16-18-35(19-17-34)48-24-22-36-20-21-37-23-25-49(58-53(37)52(36)57-48)40-10-5-9-38(28-40)43-30-50(41-11-6-26-54-32-41)56-51(31-43)42-12-7-27-55-33-42/h1-33H. The highest BCUT2D eigenvalue weighted by molar-refractivity contribution is 6.13. The summed E-state index contributed by atoms with van der Waals surface area (Å²) in [6.45, 7) is 0. The first kappa shape index (κ1) is 33.4. The molecule has 5 nitrogen and oxygen atoms in total. The van der Waals surface area contributed by atoms with Crippen LogP contribution in [-0.4, -0.2) is 24.9 Å². The molecule has 0 saturated carbocycles. The Balaban J connectivity index is 0.968. The summed E-state index contributed by atoms with van der Waals surface area (Å²) in [5.74, 6) is 0. The molecule has 0 aliphatic heterocycles. The molecule has 58 heavy (non-hydrogen) atoms. The van der Waals surface area contributed by atoms with E-state index in [-0.39, 0.29) is 0 Å². The van der Waals surface area contributed by atoms with Gasteiger partial charge in [0.2, 0.25) is 0 Å². The Labute approximate surface area is 335 Å². The highest BCUT2D eigenvalue weighted by Crippen LogP contribution is 2.37. The average molecular weight is 740 g/mol. The van der Waals surface area contributed by atoms with Crippen molar-refractivity contribution in [2.75, 3.05) is 0 Å². The highest BCUT2D eigenvalue weighted by atomic mass is 14.8. The lowest BCUT2D eigenvalue weighted by Gasteiger charge is -2.12. The van der Waals surface area contributed by atoms with Crippen LogP contribution >= 0.6 is 0 Å². The summed E-state index contributed by atoms with van der Waals surface area (Å²) >= 11 is 0. The molecule has 0 atom stereocenters. The Morgan fingerprint density at radius 1 is 0.276 bits per heavy atom. The molecule has 0 aliphatic rings. The zero-order valence-electron chi connectivity index (χ0n) is 31.3. The second kappa shape index (κ2) is 14.0. The zero-order chi connectivity index (χ0) is 38.4. The summed E-state index contributed by atoms with van der Waals surface area (Å²) in [5, 5.41) is 7.13. The molecule has 5 aromatic heterocycles. The first-order valence-electron chi connectivity index (χ1n) is 19.4. The minimum Gasteiger partial charge on any atom is -0.264 e. The molecule has 0 saturated heterocycles. The van der Waals surface area contributed by atoms with Crippen LogP contribution in [0.1, 0.15) is 0 Å². The van der Waals surface area contributed by atoms with Crippen LogP contribution < -0.4 is 0 Å². The summed E-state index contributed by atoms with van der Waals surface area (Å²) in [7, 11) is 0. The molecule has 0 radical (unpaired) electrons. The number of rotatable bonds is 6. The second-order valence-corrected chi connectivity index (χ2v) is 14.6. The van der Waals surface area contributed by atoms with Crippen molar-refractivity contribution in [3.05, 3.63) is 201 Å². The molecule has 11 aromatic rings. The van der Waals surface area contributed by atoms with Crippen molar-refractivity contribution in [3.63, 3.8) is 0 Å². The van der Waals surface area contributed by atoms with Crippen molar-refractivity contribution < 1.29 is 0 Å². The van der Waals surface area contributed by atoms with Crippen LogP contribution in [0.25, 0.3) is 111 Å². The van der Waals surface area contributed by atoms with Crippen molar-refractivity contribution in [1.82, 2.24) is 24.9 Å². The van der Waals surface area contributed by atoms with Gasteiger partial charge in [0.15, 0.2) is 0 Å². The van der Waals surface area contributed by atoms with E-state index in [4.69, 9.17) is 15.0 Å². The van der Waals surface area contributed by atoms with E-state index in [1.807, 2.05) is 36.7 Å². The van der Waals surface area contributed by atoms with E-state index in [2.05, 4.69) is 162 Å². The van der Waals surface area contributed by atoms with E-state index >= 15 is 0 Å². The average Bonchev–Trinajstić information content (AvgIpc) is 3.31. The summed E-state index contributed by atoms with van der Waals surface area (Å²) in [5.41, 5.74) is 13.8. The molecule has 0 N–H and O–H groups in total. The van der Waals surface area contributed by atoms with E-state index in [9.17, 15) is 0 Å². The van der Waals surface area contributed by atoms with Crippen LogP contribution in [0.4, 0.5) is 0 Å². The molecule has 11 rings (SSSR count). The smallest absolute Gasteiger partial charge is 0.0972 e. The maximum Gasteiger partial charge on any atom is 0.0972 e. The molecule has 6 aromatic carbocycles. The molecular weight excluding hydrogens is 707 g/mol. The van der Waals surface area contributed by atoms with E-state index in [1.54, 1.807) is 12.4 Å². The van der Waals surface area contributed by atoms with Crippen LogP contribution in [0.5, 0.6) is 0 Å².